The van der Waals surface area contributed by atoms with Crippen LogP contribution in [-0.4, -0.2) is 28.7 Å². The molecule has 0 bridgehead atoms. The van der Waals surface area contributed by atoms with Crippen molar-refractivity contribution in [2.75, 3.05) is 18.0 Å². The number of hydrogen-bond acceptors (Lipinski definition) is 3. The number of pyridine rings is 1. The zero-order valence-electron chi connectivity index (χ0n) is 12.6. The Balaban J connectivity index is 1.96. The topological polar surface area (TPSA) is 62.5 Å². The van der Waals surface area contributed by atoms with Crippen molar-refractivity contribution >= 4 is 11.7 Å². The molecule has 2 rings (SSSR count). The molecular weight excluding hydrogens is 268 g/mol. The predicted octanol–water partition coefficient (Wildman–Crippen LogP) is 2.34. The van der Waals surface area contributed by atoms with E-state index in [4.69, 9.17) is 5.11 Å². The summed E-state index contributed by atoms with van der Waals surface area (Å²) in [7, 11) is 0. The van der Waals surface area contributed by atoms with Crippen LogP contribution in [0.25, 0.3) is 0 Å². The van der Waals surface area contributed by atoms with Crippen molar-refractivity contribution in [3.63, 3.8) is 0 Å². The Hall–Kier alpha value is -1.78. The largest absolute Gasteiger partial charge is 0.481 e. The molecule has 1 saturated heterocycles. The number of hydrogen-bond donors (Lipinski definition) is 1. The van der Waals surface area contributed by atoms with E-state index in [-0.39, 0.29) is 12.0 Å². The smallest absolute Gasteiger partial charge is 0.303 e. The number of carbonyl (C=O) groups is 1. The van der Waals surface area contributed by atoms with Crippen LogP contribution in [-0.2, 0) is 11.3 Å². The summed E-state index contributed by atoms with van der Waals surface area (Å²) in [6, 6.07) is 3.51. The molecule has 0 unspecified atom stereocenters. The molecule has 21 heavy (non-hydrogen) atoms. The second-order valence-electron chi connectivity index (χ2n) is 5.94. The van der Waals surface area contributed by atoms with Crippen LogP contribution in [0.1, 0.15) is 39.0 Å². The average molecular weight is 292 g/mol. The van der Waals surface area contributed by atoms with Crippen LogP contribution in [0.5, 0.6) is 0 Å². The number of carboxylic acids is 1. The van der Waals surface area contributed by atoms with Gasteiger partial charge in [-0.25, -0.2) is 0 Å². The molecule has 0 atom stereocenters. The third kappa shape index (κ3) is 4.62. The summed E-state index contributed by atoms with van der Waals surface area (Å²) in [5.74, 6) is 0.00158. The molecule has 2 heterocycles. The van der Waals surface area contributed by atoms with E-state index in [1.54, 1.807) is 10.6 Å². The molecule has 0 saturated carbocycles. The van der Waals surface area contributed by atoms with E-state index in [0.29, 0.717) is 19.4 Å². The minimum absolute atomic E-state index is 0.0144. The van der Waals surface area contributed by atoms with Crippen molar-refractivity contribution in [2.24, 2.45) is 5.92 Å². The summed E-state index contributed by atoms with van der Waals surface area (Å²) in [6.07, 6.45) is 5.78. The molecule has 5 heteroatoms. The lowest BCUT2D eigenvalue weighted by molar-refractivity contribution is -0.137. The van der Waals surface area contributed by atoms with Crippen LogP contribution in [0.15, 0.2) is 23.1 Å². The minimum atomic E-state index is -0.779. The lowest BCUT2D eigenvalue weighted by atomic mass is 9.99. The first-order valence-electron chi connectivity index (χ1n) is 7.73. The fourth-order valence-electron chi connectivity index (χ4n) is 2.71. The number of aliphatic carboxylic acids is 1. The zero-order chi connectivity index (χ0) is 15.2. The van der Waals surface area contributed by atoms with Crippen LogP contribution in [0.3, 0.4) is 0 Å². The van der Waals surface area contributed by atoms with Crippen LogP contribution in [0.2, 0.25) is 0 Å². The van der Waals surface area contributed by atoms with Crippen LogP contribution in [0.4, 0.5) is 5.69 Å². The summed E-state index contributed by atoms with van der Waals surface area (Å²) >= 11 is 0. The minimum Gasteiger partial charge on any atom is -0.481 e. The van der Waals surface area contributed by atoms with E-state index in [1.165, 1.54) is 12.8 Å². The summed E-state index contributed by atoms with van der Waals surface area (Å²) in [5.41, 5.74) is 1.08. The van der Waals surface area contributed by atoms with Gasteiger partial charge in [0.1, 0.15) is 0 Å². The van der Waals surface area contributed by atoms with Gasteiger partial charge >= 0.3 is 5.97 Å². The van der Waals surface area contributed by atoms with Gasteiger partial charge in [0, 0.05) is 38.3 Å². The molecule has 1 aliphatic heterocycles. The highest BCUT2D eigenvalue weighted by atomic mass is 16.4. The molecule has 1 fully saturated rings. The highest BCUT2D eigenvalue weighted by Gasteiger charge is 2.16. The fraction of sp³-hybridized carbons (Fsp3) is 0.625. The molecular formula is C16H24N2O3. The average Bonchev–Trinajstić information content (AvgIpc) is 2.46. The standard InChI is InChI=1S/C16H24N2O3/c1-13-7-10-17(11-8-13)14-5-6-15(19)18(12-14)9-3-2-4-16(20)21/h5-6,12-13H,2-4,7-11H2,1H3,(H,20,21). The van der Waals surface area contributed by atoms with Gasteiger partial charge in [-0.05, 0) is 37.7 Å². The monoisotopic (exact) mass is 292 g/mol. The Morgan fingerprint density at radius 2 is 2.00 bits per heavy atom. The van der Waals surface area contributed by atoms with Crippen molar-refractivity contribution in [1.82, 2.24) is 4.57 Å². The van der Waals surface area contributed by atoms with E-state index in [1.807, 2.05) is 12.3 Å². The molecule has 0 aromatic carbocycles. The van der Waals surface area contributed by atoms with Gasteiger partial charge in [0.2, 0.25) is 0 Å². The molecule has 1 N–H and O–H groups in total. The Labute approximate surface area is 125 Å². The zero-order valence-corrected chi connectivity index (χ0v) is 12.6. The van der Waals surface area contributed by atoms with E-state index < -0.39 is 5.97 Å². The van der Waals surface area contributed by atoms with Gasteiger partial charge in [0.05, 0.1) is 5.69 Å². The summed E-state index contributed by atoms with van der Waals surface area (Å²) in [6.45, 7) is 4.95. The normalized spacial score (nSPS) is 16.1. The first-order chi connectivity index (χ1) is 10.1. The Bertz CT molecular complexity index is 531. The van der Waals surface area contributed by atoms with Gasteiger partial charge in [-0.1, -0.05) is 6.92 Å². The second-order valence-corrected chi connectivity index (χ2v) is 5.94. The number of unbranched alkanes of at least 4 members (excludes halogenated alkanes) is 1. The number of rotatable bonds is 6. The first kappa shape index (κ1) is 15.6. The van der Waals surface area contributed by atoms with E-state index in [0.717, 1.165) is 24.7 Å². The highest BCUT2D eigenvalue weighted by molar-refractivity contribution is 5.66. The third-order valence-corrected chi connectivity index (χ3v) is 4.16. The lowest BCUT2D eigenvalue weighted by Gasteiger charge is -2.32. The number of piperidine rings is 1. The maximum absolute atomic E-state index is 11.9. The number of nitrogens with zero attached hydrogens (tertiary/aromatic N) is 2. The van der Waals surface area contributed by atoms with E-state index >= 15 is 0 Å². The maximum Gasteiger partial charge on any atom is 0.303 e. The molecule has 0 amide bonds. The summed E-state index contributed by atoms with van der Waals surface area (Å²) in [5, 5.41) is 8.63. The molecule has 0 aliphatic carbocycles. The Kier molecular flexibility index (Phi) is 5.42. The third-order valence-electron chi connectivity index (χ3n) is 4.16. The predicted molar refractivity (Wildman–Crippen MR) is 82.8 cm³/mol. The summed E-state index contributed by atoms with van der Waals surface area (Å²) in [4.78, 5) is 24.7. The van der Waals surface area contributed by atoms with Gasteiger partial charge in [-0.2, -0.15) is 0 Å². The van der Waals surface area contributed by atoms with Gasteiger partial charge in [-0.15, -0.1) is 0 Å². The molecule has 1 aliphatic rings. The number of carboxylic acid groups (broad SMARTS) is 1. The Morgan fingerprint density at radius 3 is 2.67 bits per heavy atom. The first-order valence-corrected chi connectivity index (χ1v) is 7.73. The molecule has 116 valence electrons. The highest BCUT2D eigenvalue weighted by Crippen LogP contribution is 2.21. The molecule has 5 nitrogen and oxygen atoms in total. The van der Waals surface area contributed by atoms with Gasteiger partial charge in [0.25, 0.3) is 5.56 Å². The quantitative estimate of drug-likeness (QED) is 0.817. The van der Waals surface area contributed by atoms with Crippen molar-refractivity contribution in [3.8, 4) is 0 Å². The maximum atomic E-state index is 11.9. The van der Waals surface area contributed by atoms with Gasteiger partial charge in [0.15, 0.2) is 0 Å². The molecule has 0 radical (unpaired) electrons. The Morgan fingerprint density at radius 1 is 1.29 bits per heavy atom. The van der Waals surface area contributed by atoms with Gasteiger partial charge < -0.3 is 14.6 Å². The summed E-state index contributed by atoms with van der Waals surface area (Å²) < 4.78 is 1.70. The van der Waals surface area contributed by atoms with E-state index in [9.17, 15) is 9.59 Å². The van der Waals surface area contributed by atoms with Crippen molar-refractivity contribution in [3.05, 3.63) is 28.7 Å². The van der Waals surface area contributed by atoms with Crippen molar-refractivity contribution in [1.29, 1.82) is 0 Å². The number of aromatic nitrogens is 1. The SMILES string of the molecule is CC1CCN(c2ccc(=O)n(CCCCC(=O)O)c2)CC1. The molecule has 1 aromatic rings. The van der Waals surface area contributed by atoms with Crippen LogP contribution in [0, 0.1) is 5.92 Å². The number of aryl methyl sites for hydroxylation is 1. The van der Waals surface area contributed by atoms with Crippen LogP contribution >= 0.6 is 0 Å². The van der Waals surface area contributed by atoms with Gasteiger partial charge in [-0.3, -0.25) is 9.59 Å². The van der Waals surface area contributed by atoms with Crippen LogP contribution < -0.4 is 10.5 Å². The molecule has 1 aromatic heterocycles. The fourth-order valence-corrected chi connectivity index (χ4v) is 2.71. The lowest BCUT2D eigenvalue weighted by Crippen LogP contribution is -2.33. The number of anilines is 1. The van der Waals surface area contributed by atoms with E-state index in [2.05, 4.69) is 11.8 Å². The molecule has 0 spiro atoms. The second kappa shape index (κ2) is 7.29. The van der Waals surface area contributed by atoms with Crippen molar-refractivity contribution in [2.45, 2.75) is 45.6 Å². The van der Waals surface area contributed by atoms with Crippen molar-refractivity contribution < 1.29 is 9.90 Å².